The molecule has 0 unspecified atom stereocenters. The standard InChI is InChI=1S/C14H15N3O/c15-13-5-1-4-12(9-13)14(18)17-8-6-11-3-2-7-16-10-11/h1-5,7,9-10H,6,8,15H2,(H,17,18). The van der Waals surface area contributed by atoms with Crippen molar-refractivity contribution in [2.45, 2.75) is 6.42 Å². The topological polar surface area (TPSA) is 68.0 Å². The minimum atomic E-state index is -0.105. The van der Waals surface area contributed by atoms with Gasteiger partial charge in [0.1, 0.15) is 0 Å². The van der Waals surface area contributed by atoms with Crippen LogP contribution < -0.4 is 11.1 Å². The third kappa shape index (κ3) is 3.31. The fourth-order valence-corrected chi connectivity index (χ4v) is 1.65. The number of nitrogens with zero attached hydrogens (tertiary/aromatic N) is 1. The highest BCUT2D eigenvalue weighted by molar-refractivity contribution is 5.94. The van der Waals surface area contributed by atoms with Gasteiger partial charge in [-0.15, -0.1) is 0 Å². The van der Waals surface area contributed by atoms with Crippen molar-refractivity contribution >= 4 is 11.6 Å². The first-order valence-electron chi connectivity index (χ1n) is 5.78. The van der Waals surface area contributed by atoms with Gasteiger partial charge in [-0.25, -0.2) is 0 Å². The molecule has 0 atom stereocenters. The monoisotopic (exact) mass is 241 g/mol. The molecule has 0 bridgehead atoms. The summed E-state index contributed by atoms with van der Waals surface area (Å²) in [5.74, 6) is -0.105. The number of hydrogen-bond donors (Lipinski definition) is 2. The Hall–Kier alpha value is -2.36. The van der Waals surface area contributed by atoms with Gasteiger partial charge in [-0.05, 0) is 36.2 Å². The maximum absolute atomic E-state index is 11.8. The van der Waals surface area contributed by atoms with Gasteiger partial charge in [-0.3, -0.25) is 9.78 Å². The molecule has 4 nitrogen and oxygen atoms in total. The normalized spacial score (nSPS) is 10.0. The fourth-order valence-electron chi connectivity index (χ4n) is 1.65. The first kappa shape index (κ1) is 12.1. The van der Waals surface area contributed by atoms with Crippen molar-refractivity contribution in [3.05, 3.63) is 59.9 Å². The Labute approximate surface area is 106 Å². The Bertz CT molecular complexity index is 526. The van der Waals surface area contributed by atoms with Gasteiger partial charge >= 0.3 is 0 Å². The Morgan fingerprint density at radius 1 is 1.28 bits per heavy atom. The number of anilines is 1. The summed E-state index contributed by atoms with van der Waals surface area (Å²) in [5.41, 5.74) is 7.91. The van der Waals surface area contributed by atoms with Gasteiger partial charge in [0.05, 0.1) is 0 Å². The van der Waals surface area contributed by atoms with E-state index in [0.717, 1.165) is 12.0 Å². The number of amides is 1. The van der Waals surface area contributed by atoms with Crippen molar-refractivity contribution in [2.75, 3.05) is 12.3 Å². The summed E-state index contributed by atoms with van der Waals surface area (Å²) in [6, 6.07) is 10.8. The number of aromatic nitrogens is 1. The Kier molecular flexibility index (Phi) is 3.91. The smallest absolute Gasteiger partial charge is 0.251 e. The summed E-state index contributed by atoms with van der Waals surface area (Å²) >= 11 is 0. The van der Waals surface area contributed by atoms with Crippen LogP contribution in [-0.2, 0) is 6.42 Å². The van der Waals surface area contributed by atoms with Crippen molar-refractivity contribution in [3.63, 3.8) is 0 Å². The van der Waals surface area contributed by atoms with Gasteiger partial charge in [0.15, 0.2) is 0 Å². The molecule has 0 saturated heterocycles. The van der Waals surface area contributed by atoms with E-state index in [4.69, 9.17) is 5.73 Å². The molecule has 1 aromatic carbocycles. The van der Waals surface area contributed by atoms with Crippen LogP contribution >= 0.6 is 0 Å². The van der Waals surface area contributed by atoms with Crippen LogP contribution in [0.4, 0.5) is 5.69 Å². The highest BCUT2D eigenvalue weighted by Crippen LogP contribution is 2.06. The number of nitrogen functional groups attached to an aromatic ring is 1. The van der Waals surface area contributed by atoms with Gasteiger partial charge in [-0.1, -0.05) is 12.1 Å². The molecule has 1 amide bonds. The number of pyridine rings is 1. The average molecular weight is 241 g/mol. The third-order valence-electron chi connectivity index (χ3n) is 2.57. The minimum absolute atomic E-state index is 0.105. The summed E-state index contributed by atoms with van der Waals surface area (Å²) in [7, 11) is 0. The second-order valence-electron chi connectivity index (χ2n) is 3.99. The van der Waals surface area contributed by atoms with E-state index >= 15 is 0 Å². The van der Waals surface area contributed by atoms with Gasteiger partial charge in [0, 0.05) is 30.2 Å². The van der Waals surface area contributed by atoms with E-state index in [1.807, 2.05) is 12.1 Å². The summed E-state index contributed by atoms with van der Waals surface area (Å²) in [6.07, 6.45) is 4.30. The number of hydrogen-bond acceptors (Lipinski definition) is 3. The summed E-state index contributed by atoms with van der Waals surface area (Å²) < 4.78 is 0. The first-order chi connectivity index (χ1) is 8.75. The fraction of sp³-hybridized carbons (Fsp3) is 0.143. The summed E-state index contributed by atoms with van der Waals surface area (Å²) in [5, 5.41) is 2.85. The molecule has 0 aliphatic heterocycles. The van der Waals surface area contributed by atoms with Gasteiger partial charge in [-0.2, -0.15) is 0 Å². The Morgan fingerprint density at radius 3 is 2.89 bits per heavy atom. The maximum atomic E-state index is 11.8. The molecule has 2 aromatic rings. The lowest BCUT2D eigenvalue weighted by molar-refractivity contribution is 0.0954. The van der Waals surface area contributed by atoms with Gasteiger partial charge < -0.3 is 11.1 Å². The molecule has 3 N–H and O–H groups in total. The largest absolute Gasteiger partial charge is 0.399 e. The van der Waals surface area contributed by atoms with Crippen LogP contribution in [-0.4, -0.2) is 17.4 Å². The molecule has 4 heteroatoms. The molecule has 0 fully saturated rings. The van der Waals surface area contributed by atoms with Crippen LogP contribution in [0.1, 0.15) is 15.9 Å². The van der Waals surface area contributed by atoms with E-state index in [0.29, 0.717) is 17.8 Å². The second-order valence-corrected chi connectivity index (χ2v) is 3.99. The van der Waals surface area contributed by atoms with Crippen molar-refractivity contribution in [3.8, 4) is 0 Å². The Balaban J connectivity index is 1.86. The lowest BCUT2D eigenvalue weighted by Gasteiger charge is -2.05. The van der Waals surface area contributed by atoms with E-state index in [9.17, 15) is 4.79 Å². The van der Waals surface area contributed by atoms with Crippen LogP contribution in [0.25, 0.3) is 0 Å². The molecule has 0 aliphatic carbocycles. The lowest BCUT2D eigenvalue weighted by atomic mass is 10.2. The highest BCUT2D eigenvalue weighted by atomic mass is 16.1. The predicted octanol–water partition coefficient (Wildman–Crippen LogP) is 1.64. The van der Waals surface area contributed by atoms with Crippen molar-refractivity contribution in [1.29, 1.82) is 0 Å². The van der Waals surface area contributed by atoms with Crippen molar-refractivity contribution < 1.29 is 4.79 Å². The molecule has 18 heavy (non-hydrogen) atoms. The average Bonchev–Trinajstić information content (AvgIpc) is 2.40. The molecule has 0 saturated carbocycles. The molecule has 1 aromatic heterocycles. The minimum Gasteiger partial charge on any atom is -0.399 e. The molecule has 1 heterocycles. The van der Waals surface area contributed by atoms with Crippen molar-refractivity contribution in [2.24, 2.45) is 0 Å². The quantitative estimate of drug-likeness (QED) is 0.799. The van der Waals surface area contributed by atoms with E-state index < -0.39 is 0 Å². The van der Waals surface area contributed by atoms with Gasteiger partial charge in [0.25, 0.3) is 5.91 Å². The molecule has 2 rings (SSSR count). The lowest BCUT2D eigenvalue weighted by Crippen LogP contribution is -2.25. The summed E-state index contributed by atoms with van der Waals surface area (Å²) in [6.45, 7) is 0.583. The SMILES string of the molecule is Nc1cccc(C(=O)NCCc2cccnc2)c1. The zero-order valence-electron chi connectivity index (χ0n) is 9.97. The molecule has 92 valence electrons. The number of nitrogens with two attached hydrogens (primary N) is 1. The van der Waals surface area contributed by atoms with Crippen LogP contribution in [0.15, 0.2) is 48.8 Å². The molecular formula is C14H15N3O. The number of carbonyl (C=O) groups excluding carboxylic acids is 1. The van der Waals surface area contributed by atoms with Crippen LogP contribution in [0.5, 0.6) is 0 Å². The van der Waals surface area contributed by atoms with E-state index in [1.165, 1.54) is 0 Å². The molecule has 0 spiro atoms. The van der Waals surface area contributed by atoms with Crippen LogP contribution in [0, 0.1) is 0 Å². The number of benzene rings is 1. The van der Waals surface area contributed by atoms with Crippen LogP contribution in [0.3, 0.4) is 0 Å². The van der Waals surface area contributed by atoms with E-state index in [-0.39, 0.29) is 5.91 Å². The summed E-state index contributed by atoms with van der Waals surface area (Å²) in [4.78, 5) is 15.8. The van der Waals surface area contributed by atoms with Gasteiger partial charge in [0.2, 0.25) is 0 Å². The van der Waals surface area contributed by atoms with Crippen molar-refractivity contribution in [1.82, 2.24) is 10.3 Å². The van der Waals surface area contributed by atoms with E-state index in [2.05, 4.69) is 10.3 Å². The molecular weight excluding hydrogens is 226 g/mol. The molecule has 0 aliphatic rings. The number of carbonyl (C=O) groups is 1. The number of nitrogens with one attached hydrogen (secondary N) is 1. The predicted molar refractivity (Wildman–Crippen MR) is 71.1 cm³/mol. The zero-order chi connectivity index (χ0) is 12.8. The Morgan fingerprint density at radius 2 is 2.17 bits per heavy atom. The van der Waals surface area contributed by atoms with E-state index in [1.54, 1.807) is 36.7 Å². The zero-order valence-corrected chi connectivity index (χ0v) is 9.97. The first-order valence-corrected chi connectivity index (χ1v) is 5.78. The highest BCUT2D eigenvalue weighted by Gasteiger charge is 2.04. The second kappa shape index (κ2) is 5.82. The third-order valence-corrected chi connectivity index (χ3v) is 2.57. The maximum Gasteiger partial charge on any atom is 0.251 e. The van der Waals surface area contributed by atoms with Crippen LogP contribution in [0.2, 0.25) is 0 Å². The molecule has 0 radical (unpaired) electrons. The number of rotatable bonds is 4.